The molecule has 0 unspecified atom stereocenters. The fourth-order valence-electron chi connectivity index (χ4n) is 2.45. The molecular weight excluding hydrogens is 318 g/mol. The first-order valence-electron chi connectivity index (χ1n) is 6.96. The number of thiazole rings is 1. The van der Waals surface area contributed by atoms with E-state index in [9.17, 15) is 4.79 Å². The quantitative estimate of drug-likeness (QED) is 0.449. The molecule has 2 aliphatic heterocycles. The molecule has 0 saturated carbocycles. The van der Waals surface area contributed by atoms with Crippen LogP contribution in [-0.4, -0.2) is 41.6 Å². The molecular formula is C15H16N3O4S-. The van der Waals surface area contributed by atoms with Gasteiger partial charge in [-0.25, -0.2) is 9.78 Å². The van der Waals surface area contributed by atoms with Gasteiger partial charge in [0.1, 0.15) is 5.01 Å². The number of aromatic nitrogens is 1. The van der Waals surface area contributed by atoms with Crippen molar-refractivity contribution in [2.24, 2.45) is 5.16 Å². The Labute approximate surface area is 137 Å². The second-order valence-electron chi connectivity index (χ2n) is 4.97. The van der Waals surface area contributed by atoms with Gasteiger partial charge in [-0.05, 0) is 31.4 Å². The summed E-state index contributed by atoms with van der Waals surface area (Å²) in [5.41, 5.74) is 3.19. The topological polar surface area (TPSA) is 94.9 Å². The van der Waals surface area contributed by atoms with Crippen molar-refractivity contribution >= 4 is 29.5 Å². The predicted molar refractivity (Wildman–Crippen MR) is 83.5 cm³/mol. The van der Waals surface area contributed by atoms with Crippen LogP contribution in [-0.2, 0) is 14.4 Å². The number of allylic oxidation sites excluding steroid dienone is 3. The first-order valence-corrected chi connectivity index (χ1v) is 7.84. The van der Waals surface area contributed by atoms with E-state index in [1.807, 2.05) is 12.3 Å². The van der Waals surface area contributed by atoms with Crippen molar-refractivity contribution in [1.29, 1.82) is 0 Å². The van der Waals surface area contributed by atoms with Crippen molar-refractivity contribution in [3.05, 3.63) is 39.5 Å². The molecule has 0 N–H and O–H groups in total. The number of carboxylic acid groups (broad SMARTS) is 1. The van der Waals surface area contributed by atoms with Crippen LogP contribution in [0.2, 0.25) is 0 Å². The van der Waals surface area contributed by atoms with Gasteiger partial charge in [-0.2, -0.15) is 0 Å². The van der Waals surface area contributed by atoms with Crippen molar-refractivity contribution in [2.75, 3.05) is 13.6 Å². The van der Waals surface area contributed by atoms with Gasteiger partial charge in [0.2, 0.25) is 0 Å². The van der Waals surface area contributed by atoms with Crippen LogP contribution in [0.4, 0.5) is 0 Å². The summed E-state index contributed by atoms with van der Waals surface area (Å²) in [5.74, 6) is -0.398. The van der Waals surface area contributed by atoms with Crippen molar-refractivity contribution < 1.29 is 19.5 Å². The van der Waals surface area contributed by atoms with Crippen LogP contribution >= 0.6 is 11.3 Å². The maximum atomic E-state index is 11.9. The van der Waals surface area contributed by atoms with Gasteiger partial charge >= 0.3 is 5.97 Å². The van der Waals surface area contributed by atoms with Crippen LogP contribution in [0.25, 0.3) is 0 Å². The Bertz CT molecular complexity index is 677. The summed E-state index contributed by atoms with van der Waals surface area (Å²) in [6, 6.07) is 0. The molecule has 7 nitrogen and oxygen atoms in total. The summed E-state index contributed by atoms with van der Waals surface area (Å²) in [4.78, 5) is 31.4. The Balaban J connectivity index is 0.000000595. The average molecular weight is 334 g/mol. The Hall–Kier alpha value is -2.48. The molecule has 0 atom stereocenters. The number of rotatable bonds is 2. The summed E-state index contributed by atoms with van der Waals surface area (Å²) in [7, 11) is 2.07. The third-order valence-electron chi connectivity index (χ3n) is 3.49. The number of hydrogen-bond acceptors (Lipinski definition) is 8. The van der Waals surface area contributed by atoms with E-state index < -0.39 is 12.4 Å². The van der Waals surface area contributed by atoms with Crippen LogP contribution in [0.5, 0.6) is 0 Å². The number of nitrogens with zero attached hydrogens (tertiary/aromatic N) is 3. The van der Waals surface area contributed by atoms with Crippen molar-refractivity contribution in [2.45, 2.75) is 19.8 Å². The lowest BCUT2D eigenvalue weighted by Gasteiger charge is -2.12. The van der Waals surface area contributed by atoms with Crippen molar-refractivity contribution in [1.82, 2.24) is 9.88 Å². The highest BCUT2D eigenvalue weighted by molar-refractivity contribution is 7.12. The normalized spacial score (nSPS) is 20.8. The van der Waals surface area contributed by atoms with Crippen LogP contribution in [0.1, 0.15) is 24.8 Å². The molecule has 1 aromatic heterocycles. The minimum absolute atomic E-state index is 0.398. The lowest BCUT2D eigenvalue weighted by molar-refractivity contribution is -0.283. The molecule has 0 radical (unpaired) electrons. The van der Waals surface area contributed by atoms with E-state index in [1.165, 1.54) is 17.0 Å². The van der Waals surface area contributed by atoms with Gasteiger partial charge < -0.3 is 19.6 Å². The smallest absolute Gasteiger partial charge is 0.368 e. The van der Waals surface area contributed by atoms with Crippen LogP contribution < -0.4 is 5.11 Å². The molecule has 0 amide bonds. The monoisotopic (exact) mass is 334 g/mol. The van der Waals surface area contributed by atoms with Crippen molar-refractivity contribution in [3.8, 4) is 0 Å². The number of likely N-dealkylation sites (tertiary alicyclic amines) is 1. The molecule has 1 fully saturated rings. The largest absolute Gasteiger partial charge is 0.554 e. The minimum Gasteiger partial charge on any atom is -0.554 e. The van der Waals surface area contributed by atoms with Gasteiger partial charge in [-0.3, -0.25) is 0 Å². The molecule has 2 aliphatic rings. The Morgan fingerprint density at radius 1 is 1.52 bits per heavy atom. The maximum absolute atomic E-state index is 11.9. The zero-order valence-corrected chi connectivity index (χ0v) is 13.6. The lowest BCUT2D eigenvalue weighted by Crippen LogP contribution is -2.12. The second-order valence-corrected chi connectivity index (χ2v) is 5.87. The van der Waals surface area contributed by atoms with Gasteiger partial charge in [-0.15, -0.1) is 11.3 Å². The number of carbonyl (C=O) groups is 2. The summed E-state index contributed by atoms with van der Waals surface area (Å²) >= 11 is 1.45. The van der Waals surface area contributed by atoms with Crippen LogP contribution in [0.15, 0.2) is 39.7 Å². The Morgan fingerprint density at radius 2 is 2.26 bits per heavy atom. The molecule has 1 saturated heterocycles. The first kappa shape index (κ1) is 16.9. The summed E-state index contributed by atoms with van der Waals surface area (Å²) in [5, 5.41) is 14.7. The predicted octanol–water partition coefficient (Wildman–Crippen LogP) is 0.696. The third kappa shape index (κ3) is 3.84. The fourth-order valence-corrected chi connectivity index (χ4v) is 3.07. The van der Waals surface area contributed by atoms with Gasteiger partial charge in [-0.1, -0.05) is 5.16 Å². The van der Waals surface area contributed by atoms with Gasteiger partial charge in [0, 0.05) is 37.3 Å². The van der Waals surface area contributed by atoms with E-state index in [2.05, 4.69) is 28.2 Å². The molecule has 0 bridgehead atoms. The van der Waals surface area contributed by atoms with E-state index in [0.717, 1.165) is 25.0 Å². The van der Waals surface area contributed by atoms with E-state index in [0.29, 0.717) is 16.3 Å². The van der Waals surface area contributed by atoms with Gasteiger partial charge in [0.25, 0.3) is 0 Å². The summed E-state index contributed by atoms with van der Waals surface area (Å²) < 4.78 is 0. The van der Waals surface area contributed by atoms with E-state index in [-0.39, 0.29) is 0 Å². The second kappa shape index (κ2) is 7.68. The number of hydrogen-bond donors (Lipinski definition) is 0. The van der Waals surface area contributed by atoms with Crippen LogP contribution in [0, 0.1) is 0 Å². The third-order valence-corrected chi connectivity index (χ3v) is 4.27. The molecule has 122 valence electrons. The summed E-state index contributed by atoms with van der Waals surface area (Å²) in [6.45, 7) is 2.48. The molecule has 1 aromatic rings. The maximum Gasteiger partial charge on any atom is 0.368 e. The van der Waals surface area contributed by atoms with E-state index in [4.69, 9.17) is 14.7 Å². The molecule has 3 heterocycles. The van der Waals surface area contributed by atoms with Crippen molar-refractivity contribution in [3.63, 3.8) is 0 Å². The molecule has 0 aliphatic carbocycles. The molecule has 23 heavy (non-hydrogen) atoms. The first-order chi connectivity index (χ1) is 11.1. The molecule has 3 rings (SSSR count). The fraction of sp³-hybridized carbons (Fsp3) is 0.333. The summed E-state index contributed by atoms with van der Waals surface area (Å²) in [6.07, 6.45) is 5.95. The Kier molecular flexibility index (Phi) is 5.64. The molecule has 8 heteroatoms. The molecule has 0 spiro atoms. The van der Waals surface area contributed by atoms with E-state index in [1.54, 1.807) is 6.20 Å². The highest BCUT2D eigenvalue weighted by Gasteiger charge is 2.30. The van der Waals surface area contributed by atoms with Gasteiger partial charge in [0.05, 0.1) is 5.57 Å². The lowest BCUT2D eigenvalue weighted by atomic mass is 10.0. The highest BCUT2D eigenvalue weighted by Crippen LogP contribution is 2.26. The standard InChI is InChI=1S/C14H15N3O2S.CH2O2/c1-9(8-10-4-3-6-17(10)2)11-12(16-19-14(11)18)13-15-5-7-20-13;2-1-3/h5,7-8H,3-4,6H2,1-2H3;1H,(H,2,3)/p-1. The zero-order valence-electron chi connectivity index (χ0n) is 12.8. The minimum atomic E-state index is -0.500. The van der Waals surface area contributed by atoms with Gasteiger partial charge in [0.15, 0.2) is 5.71 Å². The highest BCUT2D eigenvalue weighted by atomic mass is 32.1. The zero-order chi connectivity index (χ0) is 16.8. The van der Waals surface area contributed by atoms with E-state index >= 15 is 0 Å². The number of carbonyl (C=O) groups excluding carboxylic acids is 2. The number of oxime groups is 1. The molecule has 0 aromatic carbocycles. The SMILES string of the molecule is CC(C=C1CCCN1C)=C1C(=O)ON=C1c1nccs1.O=C[O-]. The Morgan fingerprint density at radius 3 is 2.83 bits per heavy atom. The van der Waals surface area contributed by atoms with Crippen LogP contribution in [0.3, 0.4) is 0 Å². The average Bonchev–Trinajstić information content (AvgIpc) is 3.22.